The van der Waals surface area contributed by atoms with Crippen molar-refractivity contribution in [1.29, 1.82) is 0 Å². The molecule has 0 radical (unpaired) electrons. The molecule has 4 aliphatic heterocycles. The maximum absolute atomic E-state index is 13.5. The summed E-state index contributed by atoms with van der Waals surface area (Å²) in [5.74, 6) is -1.61. The molecule has 2 fully saturated rings. The number of carbonyl (C=O) groups is 4. The molecule has 12 nitrogen and oxygen atoms in total. The number of nitrogens with zero attached hydrogens (tertiary/aromatic N) is 3. The average Bonchev–Trinajstić information content (AvgIpc) is 4.07. The molecule has 7 aliphatic rings. The highest BCUT2D eigenvalue weighted by atomic mass is 79.9. The summed E-state index contributed by atoms with van der Waals surface area (Å²) in [6.07, 6.45) is 10.5. The zero-order chi connectivity index (χ0) is 45.0. The molecular weight excluding hydrogens is 964 g/mol. The fourth-order valence-corrected chi connectivity index (χ4v) is 12.6. The number of carbonyl (C=O) groups excluding carboxylic acids is 4. The third-order valence-corrected chi connectivity index (χ3v) is 15.8. The number of rotatable bonds is 1. The second-order valence-corrected chi connectivity index (χ2v) is 20.1. The van der Waals surface area contributed by atoms with Crippen LogP contribution in [0.1, 0.15) is 74.3 Å². The van der Waals surface area contributed by atoms with Crippen LogP contribution >= 0.6 is 31.9 Å². The Labute approximate surface area is 393 Å². The maximum atomic E-state index is 13.5. The van der Waals surface area contributed by atoms with E-state index in [9.17, 15) is 24.3 Å². The second-order valence-electron chi connectivity index (χ2n) is 18.3. The summed E-state index contributed by atoms with van der Waals surface area (Å²) in [5.41, 5.74) is 9.68. The van der Waals surface area contributed by atoms with Gasteiger partial charge in [0.2, 0.25) is 11.8 Å². The molecule has 0 spiro atoms. The van der Waals surface area contributed by atoms with E-state index in [1.54, 1.807) is 14.1 Å². The van der Waals surface area contributed by atoms with Crippen LogP contribution in [-0.2, 0) is 14.3 Å². The number of amides is 4. The van der Waals surface area contributed by atoms with Gasteiger partial charge in [-0.15, -0.1) is 0 Å². The molecule has 14 heteroatoms. The van der Waals surface area contributed by atoms with Crippen molar-refractivity contribution in [1.82, 2.24) is 24.3 Å². The molecule has 66 heavy (non-hydrogen) atoms. The van der Waals surface area contributed by atoms with E-state index in [2.05, 4.69) is 69.9 Å². The van der Waals surface area contributed by atoms with Gasteiger partial charge in [0, 0.05) is 90.2 Å². The number of nitrogens with one attached hydrogen (secondary N) is 3. The summed E-state index contributed by atoms with van der Waals surface area (Å²) in [6.45, 7) is 0. The molecule has 3 aliphatic carbocycles. The van der Waals surface area contributed by atoms with E-state index in [-0.39, 0.29) is 47.5 Å². The molecule has 7 heterocycles. The largest absolute Gasteiger partial charge is 0.389 e. The predicted molar refractivity (Wildman–Crippen MR) is 260 cm³/mol. The minimum Gasteiger partial charge on any atom is -0.389 e. The number of epoxide rings is 1. The molecule has 0 saturated carbocycles. The van der Waals surface area contributed by atoms with E-state index in [1.807, 2.05) is 91.0 Å². The Kier molecular flexibility index (Phi) is 8.69. The Balaban J connectivity index is 0.000000118. The smallest absolute Gasteiger partial charge is 0.262 e. The van der Waals surface area contributed by atoms with Crippen molar-refractivity contribution in [2.75, 3.05) is 19.4 Å². The van der Waals surface area contributed by atoms with Crippen LogP contribution < -0.4 is 5.32 Å². The van der Waals surface area contributed by atoms with Gasteiger partial charge in [-0.3, -0.25) is 29.0 Å². The van der Waals surface area contributed by atoms with Gasteiger partial charge in [-0.25, -0.2) is 0 Å². The van der Waals surface area contributed by atoms with Gasteiger partial charge in [0.25, 0.3) is 11.8 Å². The van der Waals surface area contributed by atoms with Gasteiger partial charge in [-0.05, 0) is 66.1 Å². The van der Waals surface area contributed by atoms with Crippen molar-refractivity contribution >= 4 is 116 Å². The number of ether oxygens (including phenoxy) is 1. The third kappa shape index (κ3) is 5.55. The molecule has 4 N–H and O–H groups in total. The highest BCUT2D eigenvalue weighted by molar-refractivity contribution is 9.10. The van der Waals surface area contributed by atoms with Crippen molar-refractivity contribution in [3.05, 3.63) is 146 Å². The summed E-state index contributed by atoms with van der Waals surface area (Å²) in [7, 11) is 3.15. The number of hydrogen-bond acceptors (Lipinski definition) is 7. The first-order valence-electron chi connectivity index (χ1n) is 22.2. The van der Waals surface area contributed by atoms with Crippen molar-refractivity contribution in [2.24, 2.45) is 5.92 Å². The number of aromatic amines is 2. The number of aromatic nitrogens is 3. The van der Waals surface area contributed by atoms with E-state index in [0.29, 0.717) is 29.8 Å². The topological polar surface area (TPSA) is 156 Å². The monoisotopic (exact) mass is 1000 g/mol. The van der Waals surface area contributed by atoms with Gasteiger partial charge in [0.1, 0.15) is 6.10 Å². The number of likely N-dealkylation sites (tertiary alicyclic amines) is 1. The highest BCUT2D eigenvalue weighted by Gasteiger charge is 2.59. The number of fused-ring (bicyclic) bond motifs is 21. The predicted octanol–water partition coefficient (Wildman–Crippen LogP) is 9.89. The molecule has 8 aromatic rings. The van der Waals surface area contributed by atoms with E-state index >= 15 is 0 Å². The van der Waals surface area contributed by atoms with Gasteiger partial charge in [-0.1, -0.05) is 92.6 Å². The van der Waals surface area contributed by atoms with Crippen LogP contribution in [0, 0.1) is 5.92 Å². The van der Waals surface area contributed by atoms with Crippen LogP contribution in [0.2, 0.25) is 0 Å². The Bertz CT molecular complexity index is 3580. The van der Waals surface area contributed by atoms with Gasteiger partial charge in [0.05, 0.1) is 58.3 Å². The Morgan fingerprint density at radius 3 is 2.14 bits per heavy atom. The molecule has 2 saturated heterocycles. The number of imide groups is 2. The molecule has 0 bridgehead atoms. The molecule has 5 aromatic carbocycles. The number of H-pyrrole nitrogens is 2. The zero-order valence-electron chi connectivity index (χ0n) is 35.5. The lowest BCUT2D eigenvalue weighted by atomic mass is 9.68. The van der Waals surface area contributed by atoms with Crippen molar-refractivity contribution in [3.63, 3.8) is 0 Å². The van der Waals surface area contributed by atoms with Crippen LogP contribution in [0.5, 0.6) is 0 Å². The van der Waals surface area contributed by atoms with Crippen molar-refractivity contribution < 1.29 is 29.0 Å². The third-order valence-electron chi connectivity index (χ3n) is 14.8. The van der Waals surface area contributed by atoms with Crippen molar-refractivity contribution in [3.8, 4) is 0 Å². The maximum Gasteiger partial charge on any atom is 0.262 e. The second kappa shape index (κ2) is 14.3. The first-order valence-corrected chi connectivity index (χ1v) is 23.8. The summed E-state index contributed by atoms with van der Waals surface area (Å²) < 4.78 is 9.15. The number of allylic oxidation sites excluding steroid dienone is 1. The first kappa shape index (κ1) is 40.0. The summed E-state index contributed by atoms with van der Waals surface area (Å²) in [6, 6.07) is 27.9. The number of anilines is 1. The van der Waals surface area contributed by atoms with Gasteiger partial charge in [0.15, 0.2) is 0 Å². The minimum atomic E-state index is -0.514. The van der Waals surface area contributed by atoms with E-state index in [1.165, 1.54) is 9.80 Å². The minimum absolute atomic E-state index is 0.0406. The Morgan fingerprint density at radius 2 is 1.44 bits per heavy atom. The molecule has 15 rings (SSSR count). The number of likely N-dealkylation sites (N-methyl/N-ethyl adjacent to an activating group) is 1. The van der Waals surface area contributed by atoms with Crippen LogP contribution in [-0.4, -0.2) is 85.5 Å². The number of aliphatic hydroxyl groups is 1. The van der Waals surface area contributed by atoms with Crippen LogP contribution in [0.15, 0.2) is 118 Å². The lowest BCUT2D eigenvalue weighted by Gasteiger charge is -2.33. The number of aliphatic hydroxyl groups excluding tert-OH is 1. The molecule has 8 atom stereocenters. The van der Waals surface area contributed by atoms with Crippen LogP contribution in [0.25, 0.3) is 54.5 Å². The Morgan fingerprint density at radius 1 is 0.727 bits per heavy atom. The van der Waals surface area contributed by atoms with Gasteiger partial charge < -0.3 is 29.7 Å². The summed E-state index contributed by atoms with van der Waals surface area (Å²) in [5, 5.41) is 18.3. The standard InChI is InChI=1S/C26H18BrN3O3.C21H16BrN3O2.C5H6O/c1-29-25(32)21-19-15-4-2-3-5-17(15)28-23(19)24-20(22(21)26(29)33)16-10-12(27)6-9-18(16)30(24)13-7-8-14(31)11-13;1-25-20(26)16-14-10-4-2-3-5-12(10)23-18(14)19-15(17(16)21(25)27)11-8-9(22)6-7-13(11)24-19;1-2-4-5(3-1)6-4/h2-10,13-14,28,31H,11H2,1H3;2-8,15-17,19,23-24H,1H3;1-2,4-5H,3H2/t13?,14-;;/m1../s1. The number of benzene rings is 5. The van der Waals surface area contributed by atoms with E-state index in [0.717, 1.165) is 92.4 Å². The highest BCUT2D eigenvalue weighted by Crippen LogP contribution is 2.60. The normalized spacial score (nSPS) is 26.1. The molecule has 328 valence electrons. The van der Waals surface area contributed by atoms with E-state index < -0.39 is 12.0 Å². The Hall–Kier alpha value is -6.32. The molecule has 3 aromatic heterocycles. The lowest BCUT2D eigenvalue weighted by molar-refractivity contribution is -0.138. The SMILES string of the molecule is C1=CC2OC2C1.CN1C(=O)C2c3c([nH]c4ccccc34)C3Nc4ccc(Br)cc4C3C2C1=O.CN1C(=O)c2c(c3c4cc(Br)ccc4n(C4C=C[C@@H](O)C4)c3c3[nH]c4ccccc4c23)C1=O. The summed E-state index contributed by atoms with van der Waals surface area (Å²) >= 11 is 7.14. The molecular formula is C52H40Br2N6O6. The zero-order valence-corrected chi connectivity index (χ0v) is 38.7. The van der Waals surface area contributed by atoms with Crippen molar-refractivity contribution in [2.45, 2.75) is 55.1 Å². The van der Waals surface area contributed by atoms with Gasteiger partial charge >= 0.3 is 0 Å². The number of para-hydroxylation sites is 2. The number of hydrogen-bond donors (Lipinski definition) is 4. The van der Waals surface area contributed by atoms with Crippen LogP contribution in [0.3, 0.4) is 0 Å². The molecule has 4 amide bonds. The quantitative estimate of drug-likeness (QED) is 0.0725. The van der Waals surface area contributed by atoms with Gasteiger partial charge in [-0.2, -0.15) is 0 Å². The molecule has 7 unspecified atom stereocenters. The first-order chi connectivity index (χ1) is 32.0. The van der Waals surface area contributed by atoms with E-state index in [4.69, 9.17) is 4.74 Å². The summed E-state index contributed by atoms with van der Waals surface area (Å²) in [4.78, 5) is 62.6. The number of halogens is 2. The average molecular weight is 1000 g/mol. The fraction of sp³-hybridized carbons (Fsp3) is 0.231. The lowest BCUT2D eigenvalue weighted by Crippen LogP contribution is -2.33. The fourth-order valence-electron chi connectivity index (χ4n) is 11.8. The van der Waals surface area contributed by atoms with Crippen LogP contribution in [0.4, 0.5) is 5.69 Å².